The van der Waals surface area contributed by atoms with Crippen LogP contribution < -0.4 is 5.32 Å². The van der Waals surface area contributed by atoms with Crippen LogP contribution in [0.15, 0.2) is 0 Å². The highest BCUT2D eigenvalue weighted by Gasteiger charge is 2.00. The van der Waals surface area contributed by atoms with E-state index in [1.54, 1.807) is 0 Å². The van der Waals surface area contributed by atoms with Gasteiger partial charge in [0, 0.05) is 6.54 Å². The van der Waals surface area contributed by atoms with Crippen molar-refractivity contribution in [3.05, 3.63) is 0 Å². The summed E-state index contributed by atoms with van der Waals surface area (Å²) in [5.41, 5.74) is 0. The van der Waals surface area contributed by atoms with Gasteiger partial charge in [-0.25, -0.2) is 0 Å². The molecular weight excluding hydrogens is 154 g/mol. The zero-order valence-electron chi connectivity index (χ0n) is 7.92. The first-order valence-corrected chi connectivity index (χ1v) is 4.83. The number of hydrogen-bond acceptors (Lipinski definition) is 3. The lowest BCUT2D eigenvalue weighted by Gasteiger charge is -2.10. The first kappa shape index (κ1) is 11.9. The van der Waals surface area contributed by atoms with E-state index in [1.165, 1.54) is 19.3 Å². The Morgan fingerprint density at radius 3 is 2.58 bits per heavy atom. The minimum atomic E-state index is -0.436. The molecule has 0 aliphatic rings. The van der Waals surface area contributed by atoms with Crippen molar-refractivity contribution in [2.24, 2.45) is 0 Å². The molecule has 0 radical (unpaired) electrons. The number of aliphatic hydroxyl groups excluding tert-OH is 2. The minimum Gasteiger partial charge on any atom is -0.395 e. The molecule has 0 rings (SSSR count). The molecule has 0 bridgehead atoms. The van der Waals surface area contributed by atoms with Crippen molar-refractivity contribution >= 4 is 0 Å². The summed E-state index contributed by atoms with van der Waals surface area (Å²) in [7, 11) is 0. The van der Waals surface area contributed by atoms with Gasteiger partial charge in [-0.05, 0) is 12.8 Å². The third kappa shape index (κ3) is 7.98. The van der Waals surface area contributed by atoms with Crippen LogP contribution in [0.4, 0.5) is 0 Å². The molecule has 0 fully saturated rings. The van der Waals surface area contributed by atoms with E-state index in [-0.39, 0.29) is 6.61 Å². The van der Waals surface area contributed by atoms with Gasteiger partial charge in [0.2, 0.25) is 0 Å². The Morgan fingerprint density at radius 1 is 1.25 bits per heavy atom. The quantitative estimate of drug-likeness (QED) is 0.379. The van der Waals surface area contributed by atoms with Crippen LogP contribution in [0.2, 0.25) is 0 Å². The Kier molecular flexibility index (Phi) is 8.88. The molecule has 3 N–H and O–H groups in total. The normalized spacial score (nSPS) is 13.2. The molecule has 0 saturated heterocycles. The van der Waals surface area contributed by atoms with E-state index in [2.05, 4.69) is 12.2 Å². The molecule has 3 heteroatoms. The van der Waals surface area contributed by atoms with Gasteiger partial charge in [0.1, 0.15) is 6.23 Å². The highest BCUT2D eigenvalue weighted by molar-refractivity contribution is 4.53. The summed E-state index contributed by atoms with van der Waals surface area (Å²) in [6.07, 6.45) is 5.07. The van der Waals surface area contributed by atoms with Gasteiger partial charge in [0.15, 0.2) is 0 Å². The Balaban J connectivity index is 3.02. The second-order valence-electron chi connectivity index (χ2n) is 3.04. The summed E-state index contributed by atoms with van der Waals surface area (Å²) >= 11 is 0. The molecule has 0 aromatic heterocycles. The molecule has 74 valence electrons. The van der Waals surface area contributed by atoms with Gasteiger partial charge in [0.25, 0.3) is 0 Å². The van der Waals surface area contributed by atoms with Crippen molar-refractivity contribution in [3.8, 4) is 0 Å². The number of rotatable bonds is 8. The highest BCUT2D eigenvalue weighted by atomic mass is 16.3. The lowest BCUT2D eigenvalue weighted by atomic mass is 10.1. The fourth-order valence-electron chi connectivity index (χ4n) is 1.10. The van der Waals surface area contributed by atoms with Crippen LogP contribution in [-0.2, 0) is 0 Å². The zero-order valence-corrected chi connectivity index (χ0v) is 7.92. The van der Waals surface area contributed by atoms with Crippen LogP contribution in [0.1, 0.15) is 39.0 Å². The summed E-state index contributed by atoms with van der Waals surface area (Å²) < 4.78 is 0. The fourth-order valence-corrected chi connectivity index (χ4v) is 1.10. The van der Waals surface area contributed by atoms with E-state index in [0.29, 0.717) is 6.54 Å². The van der Waals surface area contributed by atoms with E-state index in [4.69, 9.17) is 5.11 Å². The SMILES string of the molecule is CCCCCCC(O)NCCO. The van der Waals surface area contributed by atoms with Crippen LogP contribution in [-0.4, -0.2) is 29.6 Å². The molecule has 0 spiro atoms. The lowest BCUT2D eigenvalue weighted by Crippen LogP contribution is -2.30. The summed E-state index contributed by atoms with van der Waals surface area (Å²) in [6, 6.07) is 0. The maximum Gasteiger partial charge on any atom is 0.104 e. The highest BCUT2D eigenvalue weighted by Crippen LogP contribution is 2.03. The van der Waals surface area contributed by atoms with E-state index in [9.17, 15) is 5.11 Å². The standard InChI is InChI=1S/C9H21NO2/c1-2-3-4-5-6-9(12)10-7-8-11/h9-12H,2-8H2,1H3. The third-order valence-corrected chi connectivity index (χ3v) is 1.82. The Bertz CT molecular complexity index is 88.6. The van der Waals surface area contributed by atoms with E-state index in [1.807, 2.05) is 0 Å². The molecule has 1 unspecified atom stereocenters. The summed E-state index contributed by atoms with van der Waals surface area (Å²) in [4.78, 5) is 0. The molecule has 0 aliphatic carbocycles. The number of aliphatic hydroxyl groups is 2. The van der Waals surface area contributed by atoms with Crippen molar-refractivity contribution in [2.75, 3.05) is 13.2 Å². The molecular formula is C9H21NO2. The van der Waals surface area contributed by atoms with Crippen molar-refractivity contribution < 1.29 is 10.2 Å². The van der Waals surface area contributed by atoms with E-state index in [0.717, 1.165) is 12.8 Å². The monoisotopic (exact) mass is 175 g/mol. The average molecular weight is 175 g/mol. The van der Waals surface area contributed by atoms with Gasteiger partial charge in [-0.2, -0.15) is 0 Å². The van der Waals surface area contributed by atoms with Crippen molar-refractivity contribution in [3.63, 3.8) is 0 Å². The molecule has 0 aliphatic heterocycles. The van der Waals surface area contributed by atoms with E-state index >= 15 is 0 Å². The second-order valence-corrected chi connectivity index (χ2v) is 3.04. The zero-order chi connectivity index (χ0) is 9.23. The molecule has 12 heavy (non-hydrogen) atoms. The Morgan fingerprint density at radius 2 is 2.00 bits per heavy atom. The van der Waals surface area contributed by atoms with Crippen molar-refractivity contribution in [1.82, 2.24) is 5.32 Å². The van der Waals surface area contributed by atoms with Crippen LogP contribution in [0.25, 0.3) is 0 Å². The van der Waals surface area contributed by atoms with Gasteiger partial charge in [0.05, 0.1) is 6.61 Å². The summed E-state index contributed by atoms with van der Waals surface area (Å²) in [5, 5.41) is 20.5. The largest absolute Gasteiger partial charge is 0.395 e. The van der Waals surface area contributed by atoms with Gasteiger partial charge in [-0.15, -0.1) is 0 Å². The van der Waals surface area contributed by atoms with E-state index < -0.39 is 6.23 Å². The number of unbranched alkanes of at least 4 members (excludes halogenated alkanes) is 3. The van der Waals surface area contributed by atoms with Crippen molar-refractivity contribution in [2.45, 2.75) is 45.3 Å². The lowest BCUT2D eigenvalue weighted by molar-refractivity contribution is 0.116. The molecule has 0 saturated carbocycles. The van der Waals surface area contributed by atoms with Gasteiger partial charge >= 0.3 is 0 Å². The van der Waals surface area contributed by atoms with Crippen LogP contribution >= 0.6 is 0 Å². The van der Waals surface area contributed by atoms with Gasteiger partial charge < -0.3 is 10.2 Å². The minimum absolute atomic E-state index is 0.0893. The molecule has 0 heterocycles. The molecule has 0 aromatic carbocycles. The van der Waals surface area contributed by atoms with Crippen LogP contribution in [0.3, 0.4) is 0 Å². The maximum atomic E-state index is 9.26. The number of hydrogen-bond donors (Lipinski definition) is 3. The predicted octanol–water partition coefficient (Wildman–Crippen LogP) is 0.857. The van der Waals surface area contributed by atoms with Crippen LogP contribution in [0.5, 0.6) is 0 Å². The van der Waals surface area contributed by atoms with Crippen molar-refractivity contribution in [1.29, 1.82) is 0 Å². The smallest absolute Gasteiger partial charge is 0.104 e. The number of nitrogens with one attached hydrogen (secondary N) is 1. The third-order valence-electron chi connectivity index (χ3n) is 1.82. The summed E-state index contributed by atoms with van der Waals surface area (Å²) in [6.45, 7) is 2.74. The topological polar surface area (TPSA) is 52.5 Å². The first-order chi connectivity index (χ1) is 5.81. The average Bonchev–Trinajstić information content (AvgIpc) is 2.09. The fraction of sp³-hybridized carbons (Fsp3) is 1.00. The molecule has 0 aromatic rings. The van der Waals surface area contributed by atoms with Gasteiger partial charge in [-0.1, -0.05) is 26.2 Å². The second kappa shape index (κ2) is 8.97. The first-order valence-electron chi connectivity index (χ1n) is 4.83. The Hall–Kier alpha value is -0.120. The predicted molar refractivity (Wildman–Crippen MR) is 49.9 cm³/mol. The van der Waals surface area contributed by atoms with Crippen LogP contribution in [0, 0.1) is 0 Å². The maximum absolute atomic E-state index is 9.26. The summed E-state index contributed by atoms with van der Waals surface area (Å²) in [5.74, 6) is 0. The molecule has 3 nitrogen and oxygen atoms in total. The molecule has 0 amide bonds. The van der Waals surface area contributed by atoms with Gasteiger partial charge in [-0.3, -0.25) is 5.32 Å². The molecule has 1 atom stereocenters. The Labute approximate surface area is 74.8 Å².